The largest absolute Gasteiger partial charge is 0.425 e. The summed E-state index contributed by atoms with van der Waals surface area (Å²) >= 11 is 0. The van der Waals surface area contributed by atoms with Gasteiger partial charge in [0.25, 0.3) is 0 Å². The van der Waals surface area contributed by atoms with Gasteiger partial charge in [0.05, 0.1) is 0 Å². The van der Waals surface area contributed by atoms with E-state index in [9.17, 15) is 0 Å². The second-order valence-electron chi connectivity index (χ2n) is 3.66. The molecule has 0 saturated heterocycles. The summed E-state index contributed by atoms with van der Waals surface area (Å²) in [6, 6.07) is 0. The summed E-state index contributed by atoms with van der Waals surface area (Å²) in [5.74, 6) is 0.763. The van der Waals surface area contributed by atoms with Crippen LogP contribution in [0.3, 0.4) is 0 Å². The molecule has 74 valence electrons. The number of hydrogen-bond acceptors (Lipinski definition) is 1. The van der Waals surface area contributed by atoms with Crippen molar-refractivity contribution in [3.8, 4) is 0 Å². The van der Waals surface area contributed by atoms with Crippen molar-refractivity contribution in [2.24, 2.45) is 5.92 Å². The van der Waals surface area contributed by atoms with Crippen molar-refractivity contribution in [2.75, 3.05) is 0 Å². The van der Waals surface area contributed by atoms with Crippen molar-refractivity contribution in [3.63, 3.8) is 0 Å². The van der Waals surface area contributed by atoms with Crippen LogP contribution >= 0.6 is 0 Å². The average molecular weight is 188 g/mol. The van der Waals surface area contributed by atoms with Gasteiger partial charge in [0.1, 0.15) is 10.5 Å². The van der Waals surface area contributed by atoms with E-state index >= 15 is 0 Å². The first-order valence-electron chi connectivity index (χ1n) is 5.29. The molecule has 0 heterocycles. The van der Waals surface area contributed by atoms with E-state index < -0.39 is 0 Å². The van der Waals surface area contributed by atoms with E-state index in [2.05, 4.69) is 20.8 Å². The lowest BCUT2D eigenvalue weighted by atomic mass is 9.96. The van der Waals surface area contributed by atoms with Gasteiger partial charge >= 0.3 is 0 Å². The Morgan fingerprint density at radius 1 is 1.25 bits per heavy atom. The maximum Gasteiger partial charge on any atom is 0.146 e. The predicted molar refractivity (Wildman–Crippen MR) is 58.4 cm³/mol. The molecule has 0 aromatic heterocycles. The fourth-order valence-electron chi connectivity index (χ4n) is 1.70. The summed E-state index contributed by atoms with van der Waals surface area (Å²) in [6.45, 7) is 6.80. The number of unbranched alkanes of at least 4 members (excludes halogenated alkanes) is 2. The van der Waals surface area contributed by atoms with Crippen LogP contribution in [0.1, 0.15) is 52.9 Å². The minimum atomic E-state index is 0.536. The first kappa shape index (κ1) is 12.2. The van der Waals surface area contributed by atoms with E-state index in [4.69, 9.17) is 4.43 Å². The highest BCUT2D eigenvalue weighted by Crippen LogP contribution is 2.17. The monoisotopic (exact) mass is 188 g/mol. The normalized spacial score (nSPS) is 16.2. The highest BCUT2D eigenvalue weighted by Gasteiger charge is 2.12. The van der Waals surface area contributed by atoms with Gasteiger partial charge in [-0.2, -0.15) is 0 Å². The molecule has 0 aromatic rings. The Morgan fingerprint density at radius 3 is 2.33 bits per heavy atom. The lowest BCUT2D eigenvalue weighted by molar-refractivity contribution is 0.144. The zero-order valence-corrected chi connectivity index (χ0v) is 11.1. The van der Waals surface area contributed by atoms with Gasteiger partial charge in [0, 0.05) is 6.10 Å². The van der Waals surface area contributed by atoms with Crippen molar-refractivity contribution in [2.45, 2.75) is 59.0 Å². The molecular weight excluding hydrogens is 164 g/mol. The zero-order valence-electron chi connectivity index (χ0n) is 9.10. The third-order valence-corrected chi connectivity index (χ3v) is 3.21. The molecular formula is C10H24OSi. The van der Waals surface area contributed by atoms with Crippen molar-refractivity contribution in [3.05, 3.63) is 0 Å². The molecule has 0 radical (unpaired) electrons. The van der Waals surface area contributed by atoms with Crippen molar-refractivity contribution in [1.29, 1.82) is 0 Å². The summed E-state index contributed by atoms with van der Waals surface area (Å²) in [5, 5.41) is 0. The van der Waals surface area contributed by atoms with Gasteiger partial charge in [0.2, 0.25) is 0 Å². The number of hydrogen-bond donors (Lipinski definition) is 0. The molecule has 0 saturated carbocycles. The van der Waals surface area contributed by atoms with Crippen molar-refractivity contribution < 1.29 is 4.43 Å². The predicted octanol–water partition coefficient (Wildman–Crippen LogP) is 2.28. The molecule has 0 amide bonds. The van der Waals surface area contributed by atoms with Gasteiger partial charge in [-0.05, 0) is 18.8 Å². The van der Waals surface area contributed by atoms with E-state index in [0.717, 1.165) is 16.4 Å². The maximum atomic E-state index is 5.53. The molecule has 2 atom stereocenters. The molecule has 2 unspecified atom stereocenters. The highest BCUT2D eigenvalue weighted by atomic mass is 28.2. The van der Waals surface area contributed by atoms with Gasteiger partial charge < -0.3 is 4.43 Å². The quantitative estimate of drug-likeness (QED) is 0.440. The minimum Gasteiger partial charge on any atom is -0.425 e. The molecule has 12 heavy (non-hydrogen) atoms. The van der Waals surface area contributed by atoms with Gasteiger partial charge in [-0.3, -0.25) is 0 Å². The van der Waals surface area contributed by atoms with E-state index in [-0.39, 0.29) is 0 Å². The van der Waals surface area contributed by atoms with Crippen LogP contribution in [0.5, 0.6) is 0 Å². The minimum absolute atomic E-state index is 0.536. The smallest absolute Gasteiger partial charge is 0.146 e. The summed E-state index contributed by atoms with van der Waals surface area (Å²) in [4.78, 5) is 0. The van der Waals surface area contributed by atoms with Gasteiger partial charge in [0.15, 0.2) is 0 Å². The fourth-order valence-corrected chi connectivity index (χ4v) is 2.50. The molecule has 0 rings (SSSR count). The van der Waals surface area contributed by atoms with Crippen LogP contribution in [-0.4, -0.2) is 16.6 Å². The Kier molecular flexibility index (Phi) is 7.92. The summed E-state index contributed by atoms with van der Waals surface area (Å²) in [6.07, 6.45) is 7.13. The van der Waals surface area contributed by atoms with Gasteiger partial charge in [-0.25, -0.2) is 0 Å². The third-order valence-electron chi connectivity index (χ3n) is 2.60. The third kappa shape index (κ3) is 4.94. The Labute approximate surface area is 80.4 Å². The Hall–Kier alpha value is 0.177. The van der Waals surface area contributed by atoms with E-state index in [1.54, 1.807) is 0 Å². The first-order chi connectivity index (χ1) is 5.76. The van der Waals surface area contributed by atoms with Crippen molar-refractivity contribution in [1.82, 2.24) is 0 Å². The van der Waals surface area contributed by atoms with E-state index in [0.29, 0.717) is 6.10 Å². The average Bonchev–Trinajstić information content (AvgIpc) is 2.07. The molecule has 0 N–H and O–H groups in total. The Bertz CT molecular complexity index is 91.8. The van der Waals surface area contributed by atoms with Crippen LogP contribution in [0.25, 0.3) is 0 Å². The molecule has 0 bridgehead atoms. The van der Waals surface area contributed by atoms with Gasteiger partial charge in [-0.15, -0.1) is 0 Å². The van der Waals surface area contributed by atoms with Crippen LogP contribution in [0.4, 0.5) is 0 Å². The molecule has 0 fully saturated rings. The van der Waals surface area contributed by atoms with Crippen LogP contribution in [0.15, 0.2) is 0 Å². The lowest BCUT2D eigenvalue weighted by Crippen LogP contribution is -2.19. The molecule has 0 spiro atoms. The zero-order chi connectivity index (χ0) is 9.40. The lowest BCUT2D eigenvalue weighted by Gasteiger charge is -2.21. The van der Waals surface area contributed by atoms with Crippen molar-refractivity contribution >= 4 is 10.5 Å². The Morgan fingerprint density at radius 2 is 1.92 bits per heavy atom. The maximum absolute atomic E-state index is 5.53. The molecule has 0 aliphatic heterocycles. The Balaban J connectivity index is 3.47. The number of rotatable bonds is 7. The second-order valence-corrected chi connectivity index (χ2v) is 4.13. The fraction of sp³-hybridized carbons (Fsp3) is 1.00. The van der Waals surface area contributed by atoms with E-state index in [1.807, 2.05) is 0 Å². The summed E-state index contributed by atoms with van der Waals surface area (Å²) in [7, 11) is 0.889. The van der Waals surface area contributed by atoms with E-state index in [1.165, 1.54) is 32.1 Å². The second kappa shape index (κ2) is 7.81. The van der Waals surface area contributed by atoms with Crippen LogP contribution in [-0.2, 0) is 4.43 Å². The topological polar surface area (TPSA) is 9.23 Å². The molecule has 2 heteroatoms. The van der Waals surface area contributed by atoms with Crippen LogP contribution in [0, 0.1) is 5.92 Å². The SMILES string of the molecule is CCCCCC(C)C(CC)O[SiH3]. The first-order valence-corrected chi connectivity index (χ1v) is 6.10. The van der Waals surface area contributed by atoms with Crippen LogP contribution < -0.4 is 0 Å². The molecule has 1 nitrogen and oxygen atoms in total. The standard InChI is InChI=1S/C10H24OSi/c1-4-6-7-8-9(3)10(5-2)11-12/h9-10H,4-8H2,1-3,12H3. The molecule has 0 aliphatic rings. The molecule has 0 aliphatic carbocycles. The van der Waals surface area contributed by atoms with Gasteiger partial charge in [-0.1, -0.05) is 40.0 Å². The summed E-state index contributed by atoms with van der Waals surface area (Å²) in [5.41, 5.74) is 0. The molecule has 0 aromatic carbocycles. The summed E-state index contributed by atoms with van der Waals surface area (Å²) < 4.78 is 5.53. The highest BCUT2D eigenvalue weighted by molar-refractivity contribution is 5.98. The van der Waals surface area contributed by atoms with Crippen LogP contribution in [0.2, 0.25) is 0 Å².